The molecule has 2 aliphatic carbocycles. The fraction of sp³-hybridized carbons (Fsp3) is 0.833. The quantitative estimate of drug-likeness (QED) is 0.743. The van der Waals surface area contributed by atoms with Crippen LogP contribution in [-0.2, 0) is 9.59 Å². The first-order chi connectivity index (χ1) is 7.44. The zero-order valence-electron chi connectivity index (χ0n) is 9.82. The largest absolute Gasteiger partial charge is 0.480 e. The summed E-state index contributed by atoms with van der Waals surface area (Å²) < 4.78 is 0. The van der Waals surface area contributed by atoms with E-state index in [1.807, 2.05) is 13.8 Å². The Kier molecular flexibility index (Phi) is 2.68. The Balaban J connectivity index is 1.85. The summed E-state index contributed by atoms with van der Waals surface area (Å²) in [4.78, 5) is 22.8. The minimum atomic E-state index is -0.924. The summed E-state index contributed by atoms with van der Waals surface area (Å²) in [6.45, 7) is 3.92. The van der Waals surface area contributed by atoms with Crippen LogP contribution in [0.4, 0.5) is 0 Å². The third-order valence-corrected chi connectivity index (χ3v) is 3.72. The lowest BCUT2D eigenvalue weighted by atomic mass is 10.0. The highest BCUT2D eigenvalue weighted by Crippen LogP contribution is 2.70. The number of hydrogen-bond donors (Lipinski definition) is 2. The van der Waals surface area contributed by atoms with Gasteiger partial charge in [0.25, 0.3) is 0 Å². The highest BCUT2D eigenvalue weighted by Gasteiger charge is 2.65. The van der Waals surface area contributed by atoms with Crippen LogP contribution in [0.2, 0.25) is 0 Å². The van der Waals surface area contributed by atoms with Gasteiger partial charge < -0.3 is 10.4 Å². The molecule has 2 N–H and O–H groups in total. The molecule has 1 amide bonds. The van der Waals surface area contributed by atoms with E-state index in [4.69, 9.17) is 5.11 Å². The van der Waals surface area contributed by atoms with Gasteiger partial charge in [0.05, 0.1) is 0 Å². The van der Waals surface area contributed by atoms with E-state index in [1.165, 1.54) is 0 Å². The van der Waals surface area contributed by atoms with Crippen LogP contribution in [0.15, 0.2) is 0 Å². The van der Waals surface area contributed by atoms with Crippen LogP contribution in [-0.4, -0.2) is 23.0 Å². The Bertz CT molecular complexity index is 320. The Morgan fingerprint density at radius 2 is 2.06 bits per heavy atom. The molecule has 16 heavy (non-hydrogen) atoms. The van der Waals surface area contributed by atoms with Crippen LogP contribution >= 0.6 is 0 Å². The van der Waals surface area contributed by atoms with Gasteiger partial charge in [-0.25, -0.2) is 4.79 Å². The minimum absolute atomic E-state index is 0.0504. The first-order valence-electron chi connectivity index (χ1n) is 5.98. The van der Waals surface area contributed by atoms with E-state index < -0.39 is 12.0 Å². The molecule has 4 nitrogen and oxygen atoms in total. The zero-order chi connectivity index (χ0) is 11.9. The van der Waals surface area contributed by atoms with Crippen molar-refractivity contribution in [2.45, 2.75) is 45.6 Å². The summed E-state index contributed by atoms with van der Waals surface area (Å²) in [5.41, 5.74) is 0.297. The predicted octanol–water partition coefficient (Wildman–Crippen LogP) is 1.40. The molecular formula is C12H19NO3. The second-order valence-electron chi connectivity index (χ2n) is 5.65. The number of nitrogens with one attached hydrogen (secondary N) is 1. The first-order valence-corrected chi connectivity index (χ1v) is 5.98. The number of carbonyl (C=O) groups is 2. The van der Waals surface area contributed by atoms with Gasteiger partial charge in [-0.3, -0.25) is 4.79 Å². The summed E-state index contributed by atoms with van der Waals surface area (Å²) in [7, 11) is 0. The van der Waals surface area contributed by atoms with Gasteiger partial charge in [-0.05, 0) is 37.0 Å². The van der Waals surface area contributed by atoms with Crippen molar-refractivity contribution in [3.05, 3.63) is 0 Å². The maximum atomic E-state index is 11.8. The molecule has 4 heteroatoms. The summed E-state index contributed by atoms with van der Waals surface area (Å²) in [5, 5.41) is 11.7. The van der Waals surface area contributed by atoms with Gasteiger partial charge in [-0.15, -0.1) is 0 Å². The lowest BCUT2D eigenvalue weighted by Crippen LogP contribution is -2.42. The lowest BCUT2D eigenvalue weighted by Gasteiger charge is -2.16. The molecule has 0 radical (unpaired) electrons. The van der Waals surface area contributed by atoms with E-state index in [1.54, 1.807) is 0 Å². The van der Waals surface area contributed by atoms with Crippen molar-refractivity contribution in [1.29, 1.82) is 0 Å². The molecule has 0 aromatic carbocycles. The molecule has 0 aliphatic heterocycles. The molecule has 0 saturated heterocycles. The van der Waals surface area contributed by atoms with Crippen molar-refractivity contribution in [1.82, 2.24) is 5.32 Å². The lowest BCUT2D eigenvalue weighted by molar-refractivity contribution is -0.142. The minimum Gasteiger partial charge on any atom is -0.480 e. The maximum absolute atomic E-state index is 11.8. The average Bonchev–Trinajstić information content (AvgIpc) is 3.05. The standard InChI is InChI=1S/C12H19NO3/c1-7(2)5-9(11(15)16)13-10(14)8-6-12(8)3-4-12/h7-9H,3-6H2,1-2H3,(H,13,14)(H,15,16)/t8?,9-/m0/s1. The summed E-state index contributed by atoms with van der Waals surface area (Å²) in [6.07, 6.45) is 3.76. The predicted molar refractivity (Wildman–Crippen MR) is 58.8 cm³/mol. The van der Waals surface area contributed by atoms with E-state index in [2.05, 4.69) is 5.32 Å². The van der Waals surface area contributed by atoms with Crippen molar-refractivity contribution < 1.29 is 14.7 Å². The van der Waals surface area contributed by atoms with Crippen molar-refractivity contribution in [3.8, 4) is 0 Å². The summed E-state index contributed by atoms with van der Waals surface area (Å²) in [5.74, 6) is -0.602. The van der Waals surface area contributed by atoms with E-state index in [9.17, 15) is 9.59 Å². The normalized spacial score (nSPS) is 26.6. The number of aliphatic carboxylic acids is 1. The number of hydrogen-bond acceptors (Lipinski definition) is 2. The van der Waals surface area contributed by atoms with Crippen LogP contribution in [0, 0.1) is 17.3 Å². The topological polar surface area (TPSA) is 66.4 Å². The van der Waals surface area contributed by atoms with Gasteiger partial charge in [0, 0.05) is 5.92 Å². The second kappa shape index (κ2) is 3.75. The Morgan fingerprint density at radius 1 is 1.44 bits per heavy atom. The monoisotopic (exact) mass is 225 g/mol. The molecule has 0 aromatic heterocycles. The van der Waals surface area contributed by atoms with Gasteiger partial charge in [0.2, 0.25) is 5.91 Å². The third-order valence-electron chi connectivity index (χ3n) is 3.72. The van der Waals surface area contributed by atoms with E-state index in [-0.39, 0.29) is 17.7 Å². The molecule has 2 atom stereocenters. The number of amides is 1. The Labute approximate surface area is 95.4 Å². The van der Waals surface area contributed by atoms with Gasteiger partial charge in [0.1, 0.15) is 6.04 Å². The fourth-order valence-corrected chi connectivity index (χ4v) is 2.40. The molecule has 90 valence electrons. The SMILES string of the molecule is CC(C)C[C@H](NC(=O)C1CC12CC2)C(=O)O. The maximum Gasteiger partial charge on any atom is 0.326 e. The molecular weight excluding hydrogens is 206 g/mol. The van der Waals surface area contributed by atoms with E-state index >= 15 is 0 Å². The van der Waals surface area contributed by atoms with Crippen LogP contribution in [0.5, 0.6) is 0 Å². The molecule has 2 saturated carbocycles. The van der Waals surface area contributed by atoms with E-state index in [0.717, 1.165) is 19.3 Å². The number of carboxylic acid groups (broad SMARTS) is 1. The van der Waals surface area contributed by atoms with Crippen molar-refractivity contribution in [2.24, 2.45) is 17.3 Å². The molecule has 0 aromatic rings. The Morgan fingerprint density at radius 3 is 2.44 bits per heavy atom. The fourth-order valence-electron chi connectivity index (χ4n) is 2.40. The summed E-state index contributed by atoms with van der Waals surface area (Å²) >= 11 is 0. The highest BCUT2D eigenvalue weighted by atomic mass is 16.4. The van der Waals surface area contributed by atoms with Crippen LogP contribution < -0.4 is 5.32 Å². The molecule has 0 heterocycles. The third kappa shape index (κ3) is 2.20. The zero-order valence-corrected chi connectivity index (χ0v) is 9.82. The van der Waals surface area contributed by atoms with Crippen molar-refractivity contribution >= 4 is 11.9 Å². The molecule has 2 rings (SSSR count). The van der Waals surface area contributed by atoms with Crippen molar-refractivity contribution in [3.63, 3.8) is 0 Å². The molecule has 2 aliphatic rings. The van der Waals surface area contributed by atoms with Crippen LogP contribution in [0.25, 0.3) is 0 Å². The van der Waals surface area contributed by atoms with Gasteiger partial charge >= 0.3 is 5.97 Å². The molecule has 1 spiro atoms. The molecule has 2 fully saturated rings. The average molecular weight is 225 g/mol. The molecule has 1 unspecified atom stereocenters. The first kappa shape index (κ1) is 11.4. The van der Waals surface area contributed by atoms with Gasteiger partial charge in [-0.1, -0.05) is 13.8 Å². The van der Waals surface area contributed by atoms with Crippen LogP contribution in [0.1, 0.15) is 39.5 Å². The van der Waals surface area contributed by atoms with E-state index in [0.29, 0.717) is 11.8 Å². The number of carbonyl (C=O) groups excluding carboxylic acids is 1. The summed E-state index contributed by atoms with van der Waals surface area (Å²) in [6, 6.07) is -0.719. The van der Waals surface area contributed by atoms with Gasteiger partial charge in [-0.2, -0.15) is 0 Å². The number of carboxylic acids is 1. The van der Waals surface area contributed by atoms with Crippen LogP contribution in [0.3, 0.4) is 0 Å². The molecule has 0 bridgehead atoms. The second-order valence-corrected chi connectivity index (χ2v) is 5.65. The smallest absolute Gasteiger partial charge is 0.326 e. The van der Waals surface area contributed by atoms with Crippen molar-refractivity contribution in [2.75, 3.05) is 0 Å². The number of rotatable bonds is 5. The Hall–Kier alpha value is -1.06. The van der Waals surface area contributed by atoms with Gasteiger partial charge in [0.15, 0.2) is 0 Å². The highest BCUT2D eigenvalue weighted by molar-refractivity contribution is 5.87.